The van der Waals surface area contributed by atoms with Gasteiger partial charge < -0.3 is 15.7 Å². The summed E-state index contributed by atoms with van der Waals surface area (Å²) < 4.78 is 0. The molecule has 0 fully saturated rings. The second kappa shape index (κ2) is 7.26. The van der Waals surface area contributed by atoms with Crippen LogP contribution in [0.5, 0.6) is 0 Å². The highest BCUT2D eigenvalue weighted by molar-refractivity contribution is 6.33. The summed E-state index contributed by atoms with van der Waals surface area (Å²) >= 11 is 11.5. The van der Waals surface area contributed by atoms with Crippen molar-refractivity contribution in [3.63, 3.8) is 0 Å². The Kier molecular flexibility index (Phi) is 5.38. The Bertz CT molecular complexity index is 630. The Morgan fingerprint density at radius 1 is 1.14 bits per heavy atom. The maximum absolute atomic E-state index is 12.0. The van der Waals surface area contributed by atoms with Crippen LogP contribution in [0.1, 0.15) is 5.56 Å². The number of amides is 2. The minimum Gasteiger partial charge on any atom is -0.396 e. The zero-order chi connectivity index (χ0) is 15.2. The van der Waals surface area contributed by atoms with Crippen LogP contribution in [0.15, 0.2) is 36.4 Å². The van der Waals surface area contributed by atoms with Crippen LogP contribution in [0.3, 0.4) is 0 Å². The maximum atomic E-state index is 12.0. The van der Waals surface area contributed by atoms with Crippen LogP contribution in [-0.2, 0) is 6.42 Å². The second-order valence-corrected chi connectivity index (χ2v) is 4.99. The molecule has 0 atom stereocenters. The number of aliphatic hydroxyl groups is 1. The normalized spacial score (nSPS) is 10.2. The third kappa shape index (κ3) is 4.60. The van der Waals surface area contributed by atoms with Crippen LogP contribution in [0.4, 0.5) is 16.2 Å². The first-order valence-electron chi connectivity index (χ1n) is 6.18. The van der Waals surface area contributed by atoms with Crippen molar-refractivity contribution in [2.45, 2.75) is 6.42 Å². The van der Waals surface area contributed by atoms with Crippen molar-refractivity contribution in [3.8, 4) is 0 Å². The van der Waals surface area contributed by atoms with Crippen LogP contribution in [0, 0.1) is 0 Å². The van der Waals surface area contributed by atoms with Crippen LogP contribution >= 0.6 is 23.2 Å². The second-order valence-electron chi connectivity index (χ2n) is 4.21. The van der Waals surface area contributed by atoms with Crippen molar-refractivity contribution in [1.29, 1.82) is 0 Å². The lowest BCUT2D eigenvalue weighted by atomic mass is 10.1. The highest BCUT2D eigenvalue weighted by Gasteiger charge is 2.08. The number of carbonyl (C=O) groups is 1. The Morgan fingerprint density at radius 3 is 2.48 bits per heavy atom. The van der Waals surface area contributed by atoms with Gasteiger partial charge in [-0.05, 0) is 30.2 Å². The number of hydrogen-bond donors (Lipinski definition) is 3. The Morgan fingerprint density at radius 2 is 1.81 bits per heavy atom. The van der Waals surface area contributed by atoms with E-state index in [2.05, 4.69) is 15.6 Å². The number of aromatic nitrogens is 1. The van der Waals surface area contributed by atoms with E-state index in [0.717, 1.165) is 5.56 Å². The summed E-state index contributed by atoms with van der Waals surface area (Å²) in [6, 6.07) is 9.80. The minimum absolute atomic E-state index is 0.00980. The number of halogens is 2. The Balaban J connectivity index is 2.08. The first kappa shape index (κ1) is 15.6. The van der Waals surface area contributed by atoms with Crippen molar-refractivity contribution in [2.75, 3.05) is 17.2 Å². The van der Waals surface area contributed by atoms with E-state index in [0.29, 0.717) is 17.8 Å². The molecule has 2 rings (SSSR count). The minimum atomic E-state index is -0.432. The largest absolute Gasteiger partial charge is 0.396 e. The zero-order valence-corrected chi connectivity index (χ0v) is 12.4. The van der Waals surface area contributed by atoms with E-state index in [9.17, 15) is 4.79 Å². The average molecular weight is 326 g/mol. The third-order valence-corrected chi connectivity index (χ3v) is 3.05. The molecular formula is C14H13Cl2N3O2. The van der Waals surface area contributed by atoms with Crippen molar-refractivity contribution in [1.82, 2.24) is 4.98 Å². The number of anilines is 2. The molecule has 0 saturated carbocycles. The molecular weight excluding hydrogens is 313 g/mol. The summed E-state index contributed by atoms with van der Waals surface area (Å²) in [7, 11) is 0. The zero-order valence-electron chi connectivity index (χ0n) is 10.9. The summed E-state index contributed by atoms with van der Waals surface area (Å²) in [5.74, 6) is 0. The molecule has 2 amide bonds. The molecule has 0 aliphatic heterocycles. The van der Waals surface area contributed by atoms with Crippen LogP contribution in [0.25, 0.3) is 0 Å². The van der Waals surface area contributed by atoms with Crippen molar-refractivity contribution >= 4 is 40.6 Å². The maximum Gasteiger partial charge on any atom is 0.323 e. The topological polar surface area (TPSA) is 74.2 Å². The fourth-order valence-corrected chi connectivity index (χ4v) is 2.26. The monoisotopic (exact) mass is 325 g/mol. The molecule has 0 bridgehead atoms. The molecule has 0 unspecified atom stereocenters. The number of carbonyl (C=O) groups excluding carboxylic acids is 1. The predicted molar refractivity (Wildman–Crippen MR) is 84.1 cm³/mol. The standard InChI is InChI=1S/C14H13Cl2N3O2/c15-12-7-10(8-13(16)19-12)17-14(21)18-11-4-2-1-3-9(11)5-6-20/h1-4,7-8,20H,5-6H2,(H2,17,18,19,21). The highest BCUT2D eigenvalue weighted by atomic mass is 35.5. The van der Waals surface area contributed by atoms with E-state index in [1.807, 2.05) is 12.1 Å². The van der Waals surface area contributed by atoms with E-state index >= 15 is 0 Å². The van der Waals surface area contributed by atoms with Gasteiger partial charge in [0.15, 0.2) is 0 Å². The van der Waals surface area contributed by atoms with Gasteiger partial charge in [-0.25, -0.2) is 9.78 Å². The first-order valence-corrected chi connectivity index (χ1v) is 6.94. The predicted octanol–water partition coefficient (Wildman–Crippen LogP) is 3.57. The van der Waals surface area contributed by atoms with Gasteiger partial charge in [-0.3, -0.25) is 0 Å². The molecule has 3 N–H and O–H groups in total. The number of urea groups is 1. The summed E-state index contributed by atoms with van der Waals surface area (Å²) in [6.07, 6.45) is 0.462. The molecule has 1 aromatic carbocycles. The number of hydrogen-bond acceptors (Lipinski definition) is 3. The fraction of sp³-hybridized carbons (Fsp3) is 0.143. The number of pyridine rings is 1. The van der Waals surface area contributed by atoms with Gasteiger partial charge in [0.1, 0.15) is 10.3 Å². The van der Waals surface area contributed by atoms with Crippen molar-refractivity contribution in [3.05, 3.63) is 52.3 Å². The molecule has 0 saturated heterocycles. The summed E-state index contributed by atoms with van der Waals surface area (Å²) in [5, 5.41) is 14.7. The van der Waals surface area contributed by atoms with Crippen LogP contribution < -0.4 is 10.6 Å². The van der Waals surface area contributed by atoms with Gasteiger partial charge in [-0.2, -0.15) is 0 Å². The lowest BCUT2D eigenvalue weighted by Gasteiger charge is -2.11. The van der Waals surface area contributed by atoms with Gasteiger partial charge in [0.2, 0.25) is 0 Å². The first-order chi connectivity index (χ1) is 10.1. The van der Waals surface area contributed by atoms with Crippen LogP contribution in [-0.4, -0.2) is 22.7 Å². The van der Waals surface area contributed by atoms with Crippen molar-refractivity contribution in [2.24, 2.45) is 0 Å². The molecule has 1 heterocycles. The Hall–Kier alpha value is -1.82. The van der Waals surface area contributed by atoms with Crippen LogP contribution in [0.2, 0.25) is 10.3 Å². The van der Waals surface area contributed by atoms with E-state index in [-0.39, 0.29) is 16.9 Å². The third-order valence-electron chi connectivity index (χ3n) is 2.67. The Labute approximate surface area is 131 Å². The molecule has 5 nitrogen and oxygen atoms in total. The highest BCUT2D eigenvalue weighted by Crippen LogP contribution is 2.20. The van der Waals surface area contributed by atoms with Gasteiger partial charge in [0.25, 0.3) is 0 Å². The number of para-hydroxylation sites is 1. The fourth-order valence-electron chi connectivity index (χ4n) is 1.80. The molecule has 110 valence electrons. The molecule has 0 aliphatic carbocycles. The molecule has 0 radical (unpaired) electrons. The van der Waals surface area contributed by atoms with Gasteiger partial charge in [-0.1, -0.05) is 41.4 Å². The number of benzene rings is 1. The summed E-state index contributed by atoms with van der Waals surface area (Å²) in [4.78, 5) is 15.8. The summed E-state index contributed by atoms with van der Waals surface area (Å²) in [5.41, 5.74) is 1.92. The average Bonchev–Trinajstić information content (AvgIpc) is 2.40. The van der Waals surface area contributed by atoms with Gasteiger partial charge in [-0.15, -0.1) is 0 Å². The van der Waals surface area contributed by atoms with Gasteiger partial charge >= 0.3 is 6.03 Å². The van der Waals surface area contributed by atoms with E-state index in [4.69, 9.17) is 28.3 Å². The number of nitrogens with zero attached hydrogens (tertiary/aromatic N) is 1. The molecule has 21 heavy (non-hydrogen) atoms. The van der Waals surface area contributed by atoms with Gasteiger partial charge in [0, 0.05) is 18.0 Å². The van der Waals surface area contributed by atoms with Crippen molar-refractivity contribution < 1.29 is 9.90 Å². The molecule has 1 aromatic heterocycles. The summed E-state index contributed by atoms with van der Waals surface area (Å²) in [6.45, 7) is 0.00980. The van der Waals surface area contributed by atoms with Gasteiger partial charge in [0.05, 0.1) is 0 Å². The van der Waals surface area contributed by atoms with E-state index in [1.165, 1.54) is 12.1 Å². The quantitative estimate of drug-likeness (QED) is 0.752. The SMILES string of the molecule is O=C(Nc1cc(Cl)nc(Cl)c1)Nc1ccccc1CCO. The number of aliphatic hydroxyl groups excluding tert-OH is 1. The molecule has 2 aromatic rings. The van der Waals surface area contributed by atoms with E-state index in [1.54, 1.807) is 12.1 Å². The molecule has 0 aliphatic rings. The molecule has 7 heteroatoms. The smallest absolute Gasteiger partial charge is 0.323 e. The molecule has 0 spiro atoms. The number of rotatable bonds is 4. The lowest BCUT2D eigenvalue weighted by molar-refractivity contribution is 0.262. The number of nitrogens with one attached hydrogen (secondary N) is 2. The lowest BCUT2D eigenvalue weighted by Crippen LogP contribution is -2.20. The van der Waals surface area contributed by atoms with E-state index < -0.39 is 6.03 Å².